The summed E-state index contributed by atoms with van der Waals surface area (Å²) in [5.74, 6) is 0.695. The summed E-state index contributed by atoms with van der Waals surface area (Å²) in [6, 6.07) is 4.40. The molecule has 0 aromatic carbocycles. The lowest BCUT2D eigenvalue weighted by Crippen LogP contribution is -2.36. The van der Waals surface area contributed by atoms with E-state index in [1.807, 2.05) is 6.20 Å². The third-order valence-electron chi connectivity index (χ3n) is 4.36. The average Bonchev–Trinajstić information content (AvgIpc) is 2.43. The summed E-state index contributed by atoms with van der Waals surface area (Å²) in [5, 5.41) is 3.46. The molecule has 2 heterocycles. The molecule has 21 heavy (non-hydrogen) atoms. The SMILES string of the molecule is CC(C)CNCc1ccc(CN2CCC(C)(C)CC2)nc1. The van der Waals surface area contributed by atoms with Crippen LogP contribution in [0, 0.1) is 11.3 Å². The maximum absolute atomic E-state index is 4.63. The molecule has 2 rings (SSSR count). The van der Waals surface area contributed by atoms with Gasteiger partial charge < -0.3 is 5.32 Å². The lowest BCUT2D eigenvalue weighted by molar-refractivity contribution is 0.126. The third-order valence-corrected chi connectivity index (χ3v) is 4.36. The number of piperidine rings is 1. The first kappa shape index (κ1) is 16.4. The number of rotatable bonds is 6. The molecule has 0 aliphatic carbocycles. The Balaban J connectivity index is 1.77. The largest absolute Gasteiger partial charge is 0.312 e. The van der Waals surface area contributed by atoms with E-state index < -0.39 is 0 Å². The molecule has 1 N–H and O–H groups in total. The smallest absolute Gasteiger partial charge is 0.0544 e. The van der Waals surface area contributed by atoms with E-state index in [1.165, 1.54) is 37.2 Å². The number of pyridine rings is 1. The molecule has 1 saturated heterocycles. The molecule has 0 radical (unpaired) electrons. The van der Waals surface area contributed by atoms with Crippen molar-refractivity contribution in [3.05, 3.63) is 29.6 Å². The summed E-state index contributed by atoms with van der Waals surface area (Å²) in [6.45, 7) is 14.6. The number of likely N-dealkylation sites (tertiary alicyclic amines) is 1. The molecule has 3 heteroatoms. The maximum Gasteiger partial charge on any atom is 0.0544 e. The van der Waals surface area contributed by atoms with Gasteiger partial charge in [-0.3, -0.25) is 9.88 Å². The zero-order valence-corrected chi connectivity index (χ0v) is 14.2. The average molecular weight is 289 g/mol. The van der Waals surface area contributed by atoms with Gasteiger partial charge in [0.1, 0.15) is 0 Å². The highest BCUT2D eigenvalue weighted by molar-refractivity contribution is 5.14. The van der Waals surface area contributed by atoms with Crippen LogP contribution in [0.25, 0.3) is 0 Å². The fourth-order valence-corrected chi connectivity index (χ4v) is 2.70. The van der Waals surface area contributed by atoms with Crippen LogP contribution in [0.15, 0.2) is 18.3 Å². The predicted molar refractivity (Wildman–Crippen MR) is 89.1 cm³/mol. The van der Waals surface area contributed by atoms with Crippen molar-refractivity contribution in [3.63, 3.8) is 0 Å². The summed E-state index contributed by atoms with van der Waals surface area (Å²) in [6.07, 6.45) is 4.62. The molecular weight excluding hydrogens is 258 g/mol. The molecule has 1 fully saturated rings. The highest BCUT2D eigenvalue weighted by Crippen LogP contribution is 2.30. The lowest BCUT2D eigenvalue weighted by Gasteiger charge is -2.36. The van der Waals surface area contributed by atoms with E-state index in [0.717, 1.165) is 19.6 Å². The molecule has 0 atom stereocenters. The quantitative estimate of drug-likeness (QED) is 0.869. The van der Waals surface area contributed by atoms with Crippen molar-refractivity contribution < 1.29 is 0 Å². The number of aromatic nitrogens is 1. The first-order chi connectivity index (χ1) is 9.94. The lowest BCUT2D eigenvalue weighted by atomic mass is 9.83. The van der Waals surface area contributed by atoms with Crippen LogP contribution >= 0.6 is 0 Å². The standard InChI is InChI=1S/C18H31N3/c1-15(2)11-19-12-16-5-6-17(20-13-16)14-21-9-7-18(3,4)8-10-21/h5-6,13,15,19H,7-12,14H2,1-4H3. The van der Waals surface area contributed by atoms with Gasteiger partial charge in [0.25, 0.3) is 0 Å². The van der Waals surface area contributed by atoms with Crippen LogP contribution < -0.4 is 5.32 Å². The monoisotopic (exact) mass is 289 g/mol. The summed E-state index contributed by atoms with van der Waals surface area (Å²) in [5.41, 5.74) is 3.00. The van der Waals surface area contributed by atoms with Crippen molar-refractivity contribution in [2.45, 2.75) is 53.6 Å². The Hall–Kier alpha value is -0.930. The van der Waals surface area contributed by atoms with Crippen molar-refractivity contribution >= 4 is 0 Å². The third kappa shape index (κ3) is 5.76. The summed E-state index contributed by atoms with van der Waals surface area (Å²) in [4.78, 5) is 7.16. The first-order valence-electron chi connectivity index (χ1n) is 8.31. The van der Waals surface area contributed by atoms with E-state index in [9.17, 15) is 0 Å². The van der Waals surface area contributed by atoms with Crippen molar-refractivity contribution in [3.8, 4) is 0 Å². The summed E-state index contributed by atoms with van der Waals surface area (Å²) >= 11 is 0. The zero-order chi connectivity index (χ0) is 15.3. The van der Waals surface area contributed by atoms with Crippen LogP contribution in [0.1, 0.15) is 51.8 Å². The molecular formula is C18H31N3. The van der Waals surface area contributed by atoms with E-state index >= 15 is 0 Å². The minimum atomic E-state index is 0.524. The Morgan fingerprint density at radius 3 is 2.52 bits per heavy atom. The fourth-order valence-electron chi connectivity index (χ4n) is 2.70. The predicted octanol–water partition coefficient (Wildman–Crippen LogP) is 3.45. The van der Waals surface area contributed by atoms with Crippen LogP contribution in [0.4, 0.5) is 0 Å². The van der Waals surface area contributed by atoms with Gasteiger partial charge >= 0.3 is 0 Å². The van der Waals surface area contributed by atoms with Gasteiger partial charge in [-0.15, -0.1) is 0 Å². The Morgan fingerprint density at radius 1 is 1.24 bits per heavy atom. The topological polar surface area (TPSA) is 28.2 Å². The van der Waals surface area contributed by atoms with Crippen LogP contribution in [-0.2, 0) is 13.1 Å². The van der Waals surface area contributed by atoms with E-state index in [-0.39, 0.29) is 0 Å². The number of hydrogen-bond donors (Lipinski definition) is 1. The van der Waals surface area contributed by atoms with Gasteiger partial charge in [0.15, 0.2) is 0 Å². The Bertz CT molecular complexity index is 413. The van der Waals surface area contributed by atoms with E-state index in [1.54, 1.807) is 0 Å². The van der Waals surface area contributed by atoms with Crippen LogP contribution in [-0.4, -0.2) is 29.5 Å². The Labute approximate surface area is 130 Å². The van der Waals surface area contributed by atoms with Gasteiger partial charge in [0, 0.05) is 19.3 Å². The van der Waals surface area contributed by atoms with Crippen LogP contribution in [0.2, 0.25) is 0 Å². The molecule has 0 unspecified atom stereocenters. The van der Waals surface area contributed by atoms with Crippen molar-refractivity contribution in [2.24, 2.45) is 11.3 Å². The summed E-state index contributed by atoms with van der Waals surface area (Å²) < 4.78 is 0. The molecule has 1 aliphatic rings. The Morgan fingerprint density at radius 2 is 1.95 bits per heavy atom. The second-order valence-electron chi connectivity index (χ2n) is 7.62. The molecule has 0 spiro atoms. The minimum absolute atomic E-state index is 0.524. The van der Waals surface area contributed by atoms with Crippen LogP contribution in [0.5, 0.6) is 0 Å². The van der Waals surface area contributed by atoms with Gasteiger partial charge in [0.05, 0.1) is 5.69 Å². The molecule has 118 valence electrons. The van der Waals surface area contributed by atoms with E-state index in [0.29, 0.717) is 11.3 Å². The van der Waals surface area contributed by atoms with Crippen LogP contribution in [0.3, 0.4) is 0 Å². The summed E-state index contributed by atoms with van der Waals surface area (Å²) in [7, 11) is 0. The second-order valence-corrected chi connectivity index (χ2v) is 7.62. The molecule has 0 saturated carbocycles. The molecule has 1 aliphatic heterocycles. The highest BCUT2D eigenvalue weighted by Gasteiger charge is 2.25. The van der Waals surface area contributed by atoms with Crippen molar-refractivity contribution in [1.82, 2.24) is 15.2 Å². The second kappa shape index (κ2) is 7.37. The highest BCUT2D eigenvalue weighted by atomic mass is 15.1. The number of hydrogen-bond acceptors (Lipinski definition) is 3. The number of nitrogens with zero attached hydrogens (tertiary/aromatic N) is 2. The van der Waals surface area contributed by atoms with Gasteiger partial charge in [-0.25, -0.2) is 0 Å². The zero-order valence-electron chi connectivity index (χ0n) is 14.2. The normalized spacial score (nSPS) is 19.1. The maximum atomic E-state index is 4.63. The molecule has 0 amide bonds. The van der Waals surface area contributed by atoms with Gasteiger partial charge in [-0.1, -0.05) is 33.8 Å². The molecule has 0 bridgehead atoms. The molecule has 3 nitrogen and oxygen atoms in total. The van der Waals surface area contributed by atoms with E-state index in [4.69, 9.17) is 0 Å². The van der Waals surface area contributed by atoms with Gasteiger partial charge in [-0.2, -0.15) is 0 Å². The van der Waals surface area contributed by atoms with Crippen molar-refractivity contribution in [2.75, 3.05) is 19.6 Å². The first-order valence-corrected chi connectivity index (χ1v) is 8.31. The van der Waals surface area contributed by atoms with Crippen molar-refractivity contribution in [1.29, 1.82) is 0 Å². The van der Waals surface area contributed by atoms with Gasteiger partial charge in [-0.05, 0) is 55.4 Å². The fraction of sp³-hybridized carbons (Fsp3) is 0.722. The number of nitrogens with one attached hydrogen (secondary N) is 1. The van der Waals surface area contributed by atoms with Gasteiger partial charge in [0.2, 0.25) is 0 Å². The molecule has 1 aromatic rings. The Kier molecular flexibility index (Phi) is 5.77. The van der Waals surface area contributed by atoms with E-state index in [2.05, 4.69) is 55.0 Å². The minimum Gasteiger partial charge on any atom is -0.312 e. The molecule has 1 aromatic heterocycles.